The average Bonchev–Trinajstić information content (AvgIpc) is 2.41. The molecule has 1 aliphatic rings. The molecule has 4 nitrogen and oxygen atoms in total. The van der Waals surface area contributed by atoms with Gasteiger partial charge >= 0.3 is 0 Å². The van der Waals surface area contributed by atoms with E-state index in [-0.39, 0.29) is 5.91 Å². The van der Waals surface area contributed by atoms with Gasteiger partial charge in [0.2, 0.25) is 0 Å². The zero-order valence-electron chi connectivity index (χ0n) is 11.4. The van der Waals surface area contributed by atoms with Gasteiger partial charge in [0.05, 0.1) is 4.99 Å². The van der Waals surface area contributed by atoms with Crippen molar-refractivity contribution in [3.63, 3.8) is 0 Å². The van der Waals surface area contributed by atoms with E-state index < -0.39 is 0 Å². The Bertz CT molecular complexity index is 527. The number of hydrogen-bond acceptors (Lipinski definition) is 3. The van der Waals surface area contributed by atoms with Crippen molar-refractivity contribution in [3.05, 3.63) is 34.3 Å². The topological polar surface area (TPSA) is 49.6 Å². The summed E-state index contributed by atoms with van der Waals surface area (Å²) in [5.41, 5.74) is 7.15. The van der Waals surface area contributed by atoms with Gasteiger partial charge in [0, 0.05) is 43.3 Å². The number of hydrogen-bond donors (Lipinski definition) is 1. The van der Waals surface area contributed by atoms with Gasteiger partial charge in [0.1, 0.15) is 0 Å². The minimum atomic E-state index is 0.0295. The van der Waals surface area contributed by atoms with Crippen molar-refractivity contribution in [1.82, 2.24) is 9.80 Å². The van der Waals surface area contributed by atoms with Crippen LogP contribution in [0.25, 0.3) is 0 Å². The highest BCUT2D eigenvalue weighted by molar-refractivity contribution is 7.80. The lowest BCUT2D eigenvalue weighted by atomic mass is 10.1. The third-order valence-electron chi connectivity index (χ3n) is 3.46. The molecule has 2 N–H and O–H groups in total. The number of benzene rings is 1. The Hall–Kier alpha value is -1.17. The van der Waals surface area contributed by atoms with Crippen molar-refractivity contribution in [1.29, 1.82) is 0 Å². The average molecular weight is 312 g/mol. The number of halogens is 1. The number of nitrogens with two attached hydrogens (primary N) is 1. The molecule has 0 radical (unpaired) electrons. The van der Waals surface area contributed by atoms with Crippen LogP contribution in [0.4, 0.5) is 0 Å². The van der Waals surface area contributed by atoms with Crippen LogP contribution in [0.1, 0.15) is 15.9 Å². The molecule has 0 atom stereocenters. The van der Waals surface area contributed by atoms with E-state index in [1.54, 1.807) is 6.07 Å². The van der Waals surface area contributed by atoms with E-state index in [0.29, 0.717) is 35.2 Å². The van der Waals surface area contributed by atoms with Crippen LogP contribution in [0.15, 0.2) is 18.2 Å². The number of nitrogens with zero attached hydrogens (tertiary/aromatic N) is 2. The van der Waals surface area contributed by atoms with Gasteiger partial charge in [-0.1, -0.05) is 29.9 Å². The van der Waals surface area contributed by atoms with Crippen LogP contribution in [-0.2, 0) is 0 Å². The van der Waals surface area contributed by atoms with Gasteiger partial charge in [-0.2, -0.15) is 0 Å². The van der Waals surface area contributed by atoms with Crippen molar-refractivity contribution in [2.45, 2.75) is 6.92 Å². The molecule has 108 valence electrons. The zero-order chi connectivity index (χ0) is 14.7. The monoisotopic (exact) mass is 311 g/mol. The molecule has 0 spiro atoms. The highest BCUT2D eigenvalue weighted by Gasteiger charge is 2.22. The number of aryl methyl sites for hydroxylation is 1. The fourth-order valence-corrected chi connectivity index (χ4v) is 2.60. The summed E-state index contributed by atoms with van der Waals surface area (Å²) in [6, 6.07) is 5.43. The Morgan fingerprint density at radius 1 is 1.35 bits per heavy atom. The minimum absolute atomic E-state index is 0.0295. The number of carbonyl (C=O) groups is 1. The molecule has 0 aromatic heterocycles. The zero-order valence-corrected chi connectivity index (χ0v) is 13.0. The van der Waals surface area contributed by atoms with E-state index >= 15 is 0 Å². The van der Waals surface area contributed by atoms with E-state index in [9.17, 15) is 4.79 Å². The predicted molar refractivity (Wildman–Crippen MR) is 85.3 cm³/mol. The van der Waals surface area contributed by atoms with Gasteiger partial charge in [-0.3, -0.25) is 9.69 Å². The van der Waals surface area contributed by atoms with Gasteiger partial charge in [0.25, 0.3) is 5.91 Å². The highest BCUT2D eigenvalue weighted by atomic mass is 35.5. The number of thiocarbonyl (C=S) groups is 1. The van der Waals surface area contributed by atoms with Crippen LogP contribution in [-0.4, -0.2) is 53.4 Å². The van der Waals surface area contributed by atoms with Crippen LogP contribution in [0, 0.1) is 6.92 Å². The second kappa shape index (κ2) is 6.52. The normalized spacial score (nSPS) is 16.2. The van der Waals surface area contributed by atoms with Crippen molar-refractivity contribution < 1.29 is 4.79 Å². The second-order valence-electron chi connectivity index (χ2n) is 5.00. The molecule has 1 heterocycles. The van der Waals surface area contributed by atoms with E-state index in [4.69, 9.17) is 29.6 Å². The van der Waals surface area contributed by atoms with Crippen LogP contribution in [0.3, 0.4) is 0 Å². The molecule has 0 saturated carbocycles. The molecule has 1 fully saturated rings. The molecular weight excluding hydrogens is 294 g/mol. The summed E-state index contributed by atoms with van der Waals surface area (Å²) in [4.78, 5) is 16.9. The fourth-order valence-electron chi connectivity index (χ4n) is 2.24. The van der Waals surface area contributed by atoms with E-state index in [1.807, 2.05) is 24.0 Å². The van der Waals surface area contributed by atoms with E-state index in [1.165, 1.54) is 0 Å². The summed E-state index contributed by atoms with van der Waals surface area (Å²) in [7, 11) is 0. The Labute approximate surface area is 129 Å². The highest BCUT2D eigenvalue weighted by Crippen LogP contribution is 2.18. The Morgan fingerprint density at radius 3 is 2.55 bits per heavy atom. The predicted octanol–water partition coefficient (Wildman–Crippen LogP) is 1.69. The molecule has 2 rings (SSSR count). The van der Waals surface area contributed by atoms with Gasteiger partial charge in [0.15, 0.2) is 0 Å². The number of amides is 1. The summed E-state index contributed by atoms with van der Waals surface area (Å²) in [6.07, 6.45) is 0. The van der Waals surface area contributed by atoms with Crippen LogP contribution in [0.5, 0.6) is 0 Å². The van der Waals surface area contributed by atoms with Crippen LogP contribution >= 0.6 is 23.8 Å². The van der Waals surface area contributed by atoms with Crippen LogP contribution in [0.2, 0.25) is 5.02 Å². The molecule has 20 heavy (non-hydrogen) atoms. The molecular formula is C14H18ClN3OS. The number of piperazine rings is 1. The number of carbonyl (C=O) groups excluding carboxylic acids is 1. The lowest BCUT2D eigenvalue weighted by Crippen LogP contribution is -2.50. The standard InChI is InChI=1S/C14H18ClN3OS/c1-10-2-3-11(8-12(10)15)14(19)18-6-4-17(5-7-18)9-13(16)20/h2-3,8H,4-7,9H2,1H3,(H2,16,20). The SMILES string of the molecule is Cc1ccc(C(=O)N2CCN(CC(N)=S)CC2)cc1Cl. The maximum atomic E-state index is 12.4. The van der Waals surface area contributed by atoms with Crippen LogP contribution < -0.4 is 5.73 Å². The number of rotatable bonds is 3. The maximum absolute atomic E-state index is 12.4. The van der Waals surface area contributed by atoms with E-state index in [0.717, 1.165) is 18.7 Å². The molecule has 1 aliphatic heterocycles. The first-order chi connectivity index (χ1) is 9.47. The first-order valence-corrected chi connectivity index (χ1v) is 7.32. The Balaban J connectivity index is 1.97. The third-order valence-corrected chi connectivity index (χ3v) is 3.99. The van der Waals surface area contributed by atoms with Gasteiger partial charge in [-0.05, 0) is 24.6 Å². The summed E-state index contributed by atoms with van der Waals surface area (Å²) in [6.45, 7) is 5.50. The molecule has 0 bridgehead atoms. The van der Waals surface area contributed by atoms with Gasteiger partial charge in [-0.15, -0.1) is 0 Å². The first kappa shape index (κ1) is 15.2. The third kappa shape index (κ3) is 3.69. The lowest BCUT2D eigenvalue weighted by molar-refractivity contribution is 0.0654. The second-order valence-corrected chi connectivity index (χ2v) is 5.93. The smallest absolute Gasteiger partial charge is 0.253 e. The quantitative estimate of drug-likeness (QED) is 0.863. The van der Waals surface area contributed by atoms with Gasteiger partial charge < -0.3 is 10.6 Å². The lowest BCUT2D eigenvalue weighted by Gasteiger charge is -2.34. The summed E-state index contributed by atoms with van der Waals surface area (Å²) in [5, 5.41) is 0.628. The minimum Gasteiger partial charge on any atom is -0.392 e. The van der Waals surface area contributed by atoms with Crippen molar-refractivity contribution >= 4 is 34.7 Å². The van der Waals surface area contributed by atoms with Crippen molar-refractivity contribution in [2.75, 3.05) is 32.7 Å². The molecule has 0 unspecified atom stereocenters. The molecule has 1 amide bonds. The summed E-state index contributed by atoms with van der Waals surface area (Å²) in [5.74, 6) is 0.0295. The Morgan fingerprint density at radius 2 is 2.00 bits per heavy atom. The molecule has 1 aromatic carbocycles. The molecule has 1 saturated heterocycles. The van der Waals surface area contributed by atoms with E-state index in [2.05, 4.69) is 4.90 Å². The summed E-state index contributed by atoms with van der Waals surface area (Å²) >= 11 is 11.0. The fraction of sp³-hybridized carbons (Fsp3) is 0.429. The Kier molecular flexibility index (Phi) is 4.96. The molecule has 6 heteroatoms. The molecule has 0 aliphatic carbocycles. The van der Waals surface area contributed by atoms with Crippen molar-refractivity contribution in [3.8, 4) is 0 Å². The largest absolute Gasteiger partial charge is 0.392 e. The maximum Gasteiger partial charge on any atom is 0.253 e. The first-order valence-electron chi connectivity index (χ1n) is 6.53. The van der Waals surface area contributed by atoms with Gasteiger partial charge in [-0.25, -0.2) is 0 Å². The molecule has 1 aromatic rings. The summed E-state index contributed by atoms with van der Waals surface area (Å²) < 4.78 is 0. The van der Waals surface area contributed by atoms with Crippen molar-refractivity contribution in [2.24, 2.45) is 5.73 Å².